The van der Waals surface area contributed by atoms with Gasteiger partial charge in [0.1, 0.15) is 0 Å². The molecule has 1 amide bonds. The van der Waals surface area contributed by atoms with Gasteiger partial charge < -0.3 is 4.90 Å². The molecule has 0 aromatic carbocycles. The van der Waals surface area contributed by atoms with Gasteiger partial charge in [-0.2, -0.15) is 0 Å². The Hall–Kier alpha value is -0.790. The number of piperidine rings is 1. The minimum Gasteiger partial charge on any atom is -0.336 e. The lowest BCUT2D eigenvalue weighted by Crippen LogP contribution is -2.28. The van der Waals surface area contributed by atoms with E-state index in [4.69, 9.17) is 0 Å². The van der Waals surface area contributed by atoms with Gasteiger partial charge in [0, 0.05) is 12.6 Å². The molecule has 0 N–H and O–H groups in total. The molecule has 0 bridgehead atoms. The fourth-order valence-electron chi connectivity index (χ4n) is 1.79. The van der Waals surface area contributed by atoms with Crippen molar-refractivity contribution in [2.45, 2.75) is 18.9 Å². The monoisotopic (exact) mass is 137 g/mol. The lowest BCUT2D eigenvalue weighted by atomic mass is 10.3. The van der Waals surface area contributed by atoms with Crippen LogP contribution in [0.5, 0.6) is 0 Å². The fourth-order valence-corrected chi connectivity index (χ4v) is 1.79. The molecular weight excluding hydrogens is 126 g/mol. The van der Waals surface area contributed by atoms with Crippen LogP contribution in [0.15, 0.2) is 12.7 Å². The van der Waals surface area contributed by atoms with Gasteiger partial charge in [-0.3, -0.25) is 4.79 Å². The largest absolute Gasteiger partial charge is 0.336 e. The molecule has 0 aromatic heterocycles. The van der Waals surface area contributed by atoms with Crippen LogP contribution in [-0.4, -0.2) is 23.4 Å². The van der Waals surface area contributed by atoms with Crippen LogP contribution >= 0.6 is 0 Å². The molecule has 54 valence electrons. The van der Waals surface area contributed by atoms with Crippen molar-refractivity contribution in [1.82, 2.24) is 4.90 Å². The third-order valence-corrected chi connectivity index (χ3v) is 2.48. The van der Waals surface area contributed by atoms with Crippen molar-refractivity contribution in [2.75, 3.05) is 6.54 Å². The van der Waals surface area contributed by atoms with Gasteiger partial charge in [0.2, 0.25) is 5.91 Å². The molecular formula is C8H11NO. The maximum atomic E-state index is 11.1. The second-order valence-electron chi connectivity index (χ2n) is 3.09. The van der Waals surface area contributed by atoms with E-state index in [1.165, 1.54) is 18.9 Å². The number of likely N-dealkylation sites (tertiary alicyclic amines) is 1. The molecule has 2 fully saturated rings. The summed E-state index contributed by atoms with van der Waals surface area (Å²) in [6.07, 6.45) is 3.87. The summed E-state index contributed by atoms with van der Waals surface area (Å²) in [6, 6.07) is 0.588. The number of carbonyl (C=O) groups excluding carboxylic acids is 1. The Morgan fingerprint density at radius 2 is 2.50 bits per heavy atom. The number of carbonyl (C=O) groups is 1. The predicted octanol–water partition coefficient (Wildman–Crippen LogP) is 0.793. The Morgan fingerprint density at radius 1 is 1.70 bits per heavy atom. The number of nitrogens with zero attached hydrogens (tertiary/aromatic N) is 1. The van der Waals surface area contributed by atoms with E-state index in [0.29, 0.717) is 6.04 Å². The first-order chi connectivity index (χ1) is 4.83. The van der Waals surface area contributed by atoms with Crippen molar-refractivity contribution < 1.29 is 4.79 Å². The second kappa shape index (κ2) is 1.84. The topological polar surface area (TPSA) is 20.3 Å². The van der Waals surface area contributed by atoms with Gasteiger partial charge in [0.25, 0.3) is 0 Å². The highest BCUT2D eigenvalue weighted by molar-refractivity contribution is 5.87. The van der Waals surface area contributed by atoms with Crippen LogP contribution in [-0.2, 0) is 4.79 Å². The molecule has 2 aliphatic rings. The maximum Gasteiger partial charge on any atom is 0.246 e. The van der Waals surface area contributed by atoms with Crippen LogP contribution in [0, 0.1) is 5.92 Å². The average Bonchev–Trinajstić information content (AvgIpc) is 2.62. The van der Waals surface area contributed by atoms with Crippen molar-refractivity contribution in [1.29, 1.82) is 0 Å². The summed E-state index contributed by atoms with van der Waals surface area (Å²) in [6.45, 7) is 4.43. The Bertz CT molecular complexity index is 188. The van der Waals surface area contributed by atoms with E-state index in [9.17, 15) is 4.79 Å². The summed E-state index contributed by atoms with van der Waals surface area (Å²) in [7, 11) is 0. The molecule has 1 saturated heterocycles. The van der Waals surface area contributed by atoms with Gasteiger partial charge in [-0.05, 0) is 24.8 Å². The van der Waals surface area contributed by atoms with Gasteiger partial charge >= 0.3 is 0 Å². The summed E-state index contributed by atoms with van der Waals surface area (Å²) < 4.78 is 0. The van der Waals surface area contributed by atoms with E-state index in [1.54, 1.807) is 0 Å². The van der Waals surface area contributed by atoms with Gasteiger partial charge in [-0.15, -0.1) is 0 Å². The summed E-state index contributed by atoms with van der Waals surface area (Å²) in [4.78, 5) is 13.0. The van der Waals surface area contributed by atoms with E-state index in [0.717, 1.165) is 12.5 Å². The van der Waals surface area contributed by atoms with E-state index in [-0.39, 0.29) is 5.91 Å². The first kappa shape index (κ1) is 5.96. The third-order valence-electron chi connectivity index (χ3n) is 2.48. The highest BCUT2D eigenvalue weighted by Crippen LogP contribution is 2.44. The standard InChI is InChI=1S/C8H11NO/c1-2-8(10)9-4-3-6-5-7(6)9/h2,6-7H,1,3-5H2/t6-,7?/m0/s1. The van der Waals surface area contributed by atoms with Crippen LogP contribution in [0.25, 0.3) is 0 Å². The lowest BCUT2D eigenvalue weighted by molar-refractivity contribution is -0.125. The van der Waals surface area contributed by atoms with Crippen molar-refractivity contribution in [3.8, 4) is 0 Å². The number of fused-ring (bicyclic) bond motifs is 1. The van der Waals surface area contributed by atoms with E-state index in [1.807, 2.05) is 4.90 Å². The normalized spacial score (nSPS) is 35.4. The predicted molar refractivity (Wildman–Crippen MR) is 38.4 cm³/mol. The Labute approximate surface area is 60.5 Å². The van der Waals surface area contributed by atoms with Crippen LogP contribution in [0.3, 0.4) is 0 Å². The summed E-state index contributed by atoms with van der Waals surface area (Å²) >= 11 is 0. The zero-order valence-electron chi connectivity index (χ0n) is 5.92. The summed E-state index contributed by atoms with van der Waals surface area (Å²) in [5.41, 5.74) is 0. The summed E-state index contributed by atoms with van der Waals surface area (Å²) in [5, 5.41) is 0. The fraction of sp³-hybridized carbons (Fsp3) is 0.625. The smallest absolute Gasteiger partial charge is 0.246 e. The Kier molecular flexibility index (Phi) is 1.10. The number of rotatable bonds is 1. The molecule has 2 heteroatoms. The summed E-state index contributed by atoms with van der Waals surface area (Å²) in [5.74, 6) is 0.953. The molecule has 0 aromatic rings. The average molecular weight is 137 g/mol. The SMILES string of the molecule is C=CC(=O)N1CC[C@H]2CC21. The van der Waals surface area contributed by atoms with Gasteiger partial charge in [0.05, 0.1) is 0 Å². The molecule has 1 aliphatic heterocycles. The van der Waals surface area contributed by atoms with Crippen molar-refractivity contribution in [3.63, 3.8) is 0 Å². The molecule has 2 atom stereocenters. The maximum absolute atomic E-state index is 11.1. The van der Waals surface area contributed by atoms with Crippen LogP contribution in [0.2, 0.25) is 0 Å². The number of amides is 1. The second-order valence-corrected chi connectivity index (χ2v) is 3.09. The van der Waals surface area contributed by atoms with Gasteiger partial charge in [0.15, 0.2) is 0 Å². The lowest BCUT2D eigenvalue weighted by Gasteiger charge is -2.14. The third kappa shape index (κ3) is 0.681. The molecule has 1 unspecified atom stereocenters. The number of hydrogen-bond donors (Lipinski definition) is 0. The van der Waals surface area contributed by atoms with Crippen molar-refractivity contribution >= 4 is 5.91 Å². The van der Waals surface area contributed by atoms with Gasteiger partial charge in [-0.25, -0.2) is 0 Å². The minimum absolute atomic E-state index is 0.116. The highest BCUT2D eigenvalue weighted by atomic mass is 16.2. The first-order valence-corrected chi connectivity index (χ1v) is 3.76. The number of hydrogen-bond acceptors (Lipinski definition) is 1. The Morgan fingerprint density at radius 3 is 2.90 bits per heavy atom. The highest BCUT2D eigenvalue weighted by Gasteiger charge is 2.47. The molecule has 0 radical (unpaired) electrons. The molecule has 1 saturated carbocycles. The van der Waals surface area contributed by atoms with E-state index >= 15 is 0 Å². The van der Waals surface area contributed by atoms with E-state index in [2.05, 4.69) is 6.58 Å². The molecule has 2 nitrogen and oxygen atoms in total. The zero-order valence-corrected chi connectivity index (χ0v) is 5.92. The quantitative estimate of drug-likeness (QED) is 0.489. The Balaban J connectivity index is 2.05. The van der Waals surface area contributed by atoms with Crippen LogP contribution < -0.4 is 0 Å². The minimum atomic E-state index is 0.116. The molecule has 1 aliphatic carbocycles. The molecule has 1 heterocycles. The molecule has 10 heavy (non-hydrogen) atoms. The van der Waals surface area contributed by atoms with Crippen molar-refractivity contribution in [2.24, 2.45) is 5.92 Å². The molecule has 2 rings (SSSR count). The van der Waals surface area contributed by atoms with Crippen molar-refractivity contribution in [3.05, 3.63) is 12.7 Å². The van der Waals surface area contributed by atoms with E-state index < -0.39 is 0 Å². The van der Waals surface area contributed by atoms with Gasteiger partial charge in [-0.1, -0.05) is 6.58 Å². The zero-order chi connectivity index (χ0) is 7.14. The molecule has 0 spiro atoms. The van der Waals surface area contributed by atoms with Crippen LogP contribution in [0.1, 0.15) is 12.8 Å². The van der Waals surface area contributed by atoms with Crippen LogP contribution in [0.4, 0.5) is 0 Å². The first-order valence-electron chi connectivity index (χ1n) is 3.76.